The molecule has 0 aliphatic rings. The van der Waals surface area contributed by atoms with Crippen molar-refractivity contribution in [2.24, 2.45) is 0 Å². The van der Waals surface area contributed by atoms with Gasteiger partial charge >= 0.3 is 0 Å². The summed E-state index contributed by atoms with van der Waals surface area (Å²) in [5.74, 6) is 0. The topological polar surface area (TPSA) is 47.6 Å². The molecule has 0 unspecified atom stereocenters. The van der Waals surface area contributed by atoms with E-state index in [-0.39, 0.29) is 0 Å². The lowest BCUT2D eigenvalue weighted by Gasteiger charge is -2.13. The molecule has 0 N–H and O–H groups in total. The first-order chi connectivity index (χ1) is 22.7. The Morgan fingerprint density at radius 3 is 1.17 bits per heavy atom. The fourth-order valence-electron chi connectivity index (χ4n) is 5.96. The number of nitriles is 2. The second-order valence-electron chi connectivity index (χ2n) is 11.2. The van der Waals surface area contributed by atoms with Gasteiger partial charge in [0, 0.05) is 11.1 Å². The molecule has 0 saturated carbocycles. The van der Waals surface area contributed by atoms with Crippen LogP contribution < -0.4 is 0 Å². The Kier molecular flexibility index (Phi) is 7.77. The Labute approximate surface area is 269 Å². The highest BCUT2D eigenvalue weighted by Gasteiger charge is 2.13. The summed E-state index contributed by atoms with van der Waals surface area (Å²) in [7, 11) is 0. The maximum Gasteiger partial charge on any atom is 0.100 e. The van der Waals surface area contributed by atoms with E-state index in [4.69, 9.17) is 5.26 Å². The van der Waals surface area contributed by atoms with Crippen LogP contribution in [-0.2, 0) is 0 Å². The maximum absolute atomic E-state index is 10.4. The molecule has 0 aliphatic carbocycles. The SMILES string of the molecule is N#Cc1ccc(-c2ccc(-c3cccc(-c4cccc(-c5ccc(-c6cccc(-c7ccccc7)c6)cc5)c4C#N)c3)cc2)cc1. The van der Waals surface area contributed by atoms with Gasteiger partial charge in [-0.25, -0.2) is 0 Å². The van der Waals surface area contributed by atoms with Gasteiger partial charge in [-0.1, -0.05) is 146 Å². The van der Waals surface area contributed by atoms with E-state index in [1.54, 1.807) is 0 Å². The first-order valence-corrected chi connectivity index (χ1v) is 15.2. The molecule has 7 rings (SSSR count). The van der Waals surface area contributed by atoms with Crippen LogP contribution in [0.4, 0.5) is 0 Å². The molecule has 0 bridgehead atoms. The van der Waals surface area contributed by atoms with Crippen LogP contribution in [0.1, 0.15) is 11.1 Å². The van der Waals surface area contributed by atoms with Gasteiger partial charge in [0.15, 0.2) is 0 Å². The smallest absolute Gasteiger partial charge is 0.100 e. The summed E-state index contributed by atoms with van der Waals surface area (Å²) in [6.45, 7) is 0. The number of hydrogen-bond acceptors (Lipinski definition) is 2. The normalized spacial score (nSPS) is 10.6. The Balaban J connectivity index is 1.17. The van der Waals surface area contributed by atoms with Crippen molar-refractivity contribution in [1.29, 1.82) is 10.5 Å². The fourth-order valence-corrected chi connectivity index (χ4v) is 5.96. The van der Waals surface area contributed by atoms with Crippen LogP contribution in [0.25, 0.3) is 66.8 Å². The number of hydrogen-bond donors (Lipinski definition) is 0. The zero-order valence-corrected chi connectivity index (χ0v) is 25.1. The first kappa shape index (κ1) is 28.3. The fraction of sp³-hybridized carbons (Fsp3) is 0. The van der Waals surface area contributed by atoms with E-state index in [1.165, 1.54) is 11.1 Å². The summed E-state index contributed by atoms with van der Waals surface area (Å²) in [5, 5.41) is 19.5. The molecule has 7 aromatic rings. The van der Waals surface area contributed by atoms with E-state index in [9.17, 15) is 5.26 Å². The Hall–Kier alpha value is -6.48. The van der Waals surface area contributed by atoms with Crippen molar-refractivity contribution >= 4 is 0 Å². The summed E-state index contributed by atoms with van der Waals surface area (Å²) in [6, 6.07) is 62.7. The van der Waals surface area contributed by atoms with Crippen molar-refractivity contribution in [2.75, 3.05) is 0 Å². The van der Waals surface area contributed by atoms with E-state index in [0.29, 0.717) is 11.1 Å². The highest BCUT2D eigenvalue weighted by atomic mass is 14.3. The Morgan fingerprint density at radius 2 is 0.652 bits per heavy atom. The predicted octanol–water partition coefficient (Wildman–Crippen LogP) is 11.4. The summed E-state index contributed by atoms with van der Waals surface area (Å²) in [4.78, 5) is 0. The van der Waals surface area contributed by atoms with Gasteiger partial charge in [-0.2, -0.15) is 10.5 Å². The minimum Gasteiger partial charge on any atom is -0.192 e. The van der Waals surface area contributed by atoms with Gasteiger partial charge in [0.25, 0.3) is 0 Å². The quantitative estimate of drug-likeness (QED) is 0.195. The molecule has 0 amide bonds. The van der Waals surface area contributed by atoms with Crippen molar-refractivity contribution in [1.82, 2.24) is 0 Å². The number of rotatable bonds is 6. The van der Waals surface area contributed by atoms with Crippen molar-refractivity contribution in [2.45, 2.75) is 0 Å². The molecule has 7 aromatic carbocycles. The minimum atomic E-state index is 0.653. The predicted molar refractivity (Wildman–Crippen MR) is 188 cm³/mol. The molecule has 2 heteroatoms. The standard InChI is InChI=1S/C44H28N2/c45-29-31-15-17-33(18-16-31)34-19-21-35(22-20-34)40-11-5-12-41(28-40)43-14-6-13-42(44(43)30-46)37-25-23-36(24-26-37)39-10-4-9-38(27-39)32-7-2-1-3-8-32/h1-28H. The van der Waals surface area contributed by atoms with Crippen LogP contribution in [0, 0.1) is 22.7 Å². The molecule has 46 heavy (non-hydrogen) atoms. The molecule has 0 radical (unpaired) electrons. The largest absolute Gasteiger partial charge is 0.192 e. The second kappa shape index (κ2) is 12.6. The summed E-state index contributed by atoms with van der Waals surface area (Å²) in [5.41, 5.74) is 14.2. The monoisotopic (exact) mass is 584 g/mol. The summed E-state index contributed by atoms with van der Waals surface area (Å²) < 4.78 is 0. The van der Waals surface area contributed by atoms with Crippen molar-refractivity contribution < 1.29 is 0 Å². The average molecular weight is 585 g/mol. The first-order valence-electron chi connectivity index (χ1n) is 15.2. The summed E-state index contributed by atoms with van der Waals surface area (Å²) in [6.07, 6.45) is 0. The van der Waals surface area contributed by atoms with Gasteiger partial charge in [0.2, 0.25) is 0 Å². The van der Waals surface area contributed by atoms with Gasteiger partial charge in [-0.15, -0.1) is 0 Å². The van der Waals surface area contributed by atoms with E-state index < -0.39 is 0 Å². The van der Waals surface area contributed by atoms with Crippen LogP contribution in [0.2, 0.25) is 0 Å². The van der Waals surface area contributed by atoms with Crippen LogP contribution in [0.15, 0.2) is 170 Å². The van der Waals surface area contributed by atoms with Gasteiger partial charge in [0.05, 0.1) is 17.2 Å². The lowest BCUT2D eigenvalue weighted by atomic mass is 9.90. The third-order valence-electron chi connectivity index (χ3n) is 8.41. The lowest BCUT2D eigenvalue weighted by Crippen LogP contribution is -1.91. The zero-order chi connectivity index (χ0) is 31.3. The molecule has 0 aliphatic heterocycles. The second-order valence-corrected chi connectivity index (χ2v) is 11.2. The van der Waals surface area contributed by atoms with Crippen molar-refractivity contribution in [3.63, 3.8) is 0 Å². The van der Waals surface area contributed by atoms with E-state index in [1.807, 2.05) is 54.6 Å². The van der Waals surface area contributed by atoms with Gasteiger partial charge < -0.3 is 0 Å². The lowest BCUT2D eigenvalue weighted by molar-refractivity contribution is 1.47. The Bertz CT molecular complexity index is 2230. The molecule has 0 spiro atoms. The van der Waals surface area contributed by atoms with Crippen LogP contribution in [-0.4, -0.2) is 0 Å². The van der Waals surface area contributed by atoms with E-state index in [2.05, 4.69) is 127 Å². The maximum atomic E-state index is 10.4. The molecular formula is C44H28N2. The molecular weight excluding hydrogens is 556 g/mol. The van der Waals surface area contributed by atoms with Crippen LogP contribution >= 0.6 is 0 Å². The van der Waals surface area contributed by atoms with Crippen molar-refractivity contribution in [3.05, 3.63) is 181 Å². The van der Waals surface area contributed by atoms with Crippen molar-refractivity contribution in [3.8, 4) is 78.9 Å². The molecule has 214 valence electrons. The van der Waals surface area contributed by atoms with E-state index in [0.717, 1.165) is 55.6 Å². The zero-order valence-electron chi connectivity index (χ0n) is 25.1. The average Bonchev–Trinajstić information content (AvgIpc) is 3.15. The van der Waals surface area contributed by atoms with Gasteiger partial charge in [-0.3, -0.25) is 0 Å². The molecule has 0 heterocycles. The molecule has 0 atom stereocenters. The third kappa shape index (κ3) is 5.72. The van der Waals surface area contributed by atoms with Gasteiger partial charge in [-0.05, 0) is 79.9 Å². The van der Waals surface area contributed by atoms with Crippen LogP contribution in [0.5, 0.6) is 0 Å². The summed E-state index contributed by atoms with van der Waals surface area (Å²) >= 11 is 0. The van der Waals surface area contributed by atoms with Gasteiger partial charge in [0.1, 0.15) is 6.07 Å². The third-order valence-corrected chi connectivity index (χ3v) is 8.41. The molecule has 0 saturated heterocycles. The Morgan fingerprint density at radius 1 is 0.283 bits per heavy atom. The highest BCUT2D eigenvalue weighted by molar-refractivity contribution is 5.85. The molecule has 2 nitrogen and oxygen atoms in total. The van der Waals surface area contributed by atoms with Crippen LogP contribution in [0.3, 0.4) is 0 Å². The number of nitrogens with zero attached hydrogens (tertiary/aromatic N) is 2. The molecule has 0 fully saturated rings. The highest BCUT2D eigenvalue weighted by Crippen LogP contribution is 2.35. The van der Waals surface area contributed by atoms with E-state index >= 15 is 0 Å². The minimum absolute atomic E-state index is 0.653. The molecule has 0 aromatic heterocycles. The number of benzene rings is 7.